The molecule has 2 rings (SSSR count). The van der Waals surface area contributed by atoms with Crippen molar-refractivity contribution in [3.63, 3.8) is 0 Å². The van der Waals surface area contributed by atoms with Gasteiger partial charge in [0.2, 0.25) is 0 Å². The van der Waals surface area contributed by atoms with Crippen molar-refractivity contribution in [2.24, 2.45) is 0 Å². The number of hydrogen-bond acceptors (Lipinski definition) is 4. The maximum Gasteiger partial charge on any atom is 0.416 e. The molecule has 1 heterocycles. The Morgan fingerprint density at radius 3 is 2.67 bits per heavy atom. The van der Waals surface area contributed by atoms with Crippen molar-refractivity contribution in [2.75, 3.05) is 5.33 Å². The molecule has 0 aliphatic heterocycles. The third-order valence-corrected chi connectivity index (χ3v) is 3.03. The van der Waals surface area contributed by atoms with Crippen LogP contribution in [0.5, 0.6) is 0 Å². The van der Waals surface area contributed by atoms with E-state index in [1.165, 1.54) is 6.20 Å². The van der Waals surface area contributed by atoms with Crippen LogP contribution in [0.25, 0.3) is 5.69 Å². The Bertz CT molecular complexity index is 672. The minimum absolute atomic E-state index is 0.0682. The molecule has 0 bridgehead atoms. The highest BCUT2D eigenvalue weighted by molar-refractivity contribution is 9.09. The number of aromatic nitrogens is 3. The molecule has 1 aromatic heterocycles. The second-order valence-corrected chi connectivity index (χ2v) is 4.84. The highest BCUT2D eigenvalue weighted by atomic mass is 79.9. The lowest BCUT2D eigenvalue weighted by Crippen LogP contribution is -2.08. The highest BCUT2D eigenvalue weighted by Crippen LogP contribution is 2.34. The van der Waals surface area contributed by atoms with Gasteiger partial charge < -0.3 is 0 Å². The molecular weight excluding hydrogens is 357 g/mol. The number of hydrogen-bond donors (Lipinski definition) is 0. The third kappa shape index (κ3) is 3.38. The first-order valence-electron chi connectivity index (χ1n) is 5.66. The summed E-state index contributed by atoms with van der Waals surface area (Å²) in [7, 11) is 0. The Morgan fingerprint density at radius 2 is 2.10 bits per heavy atom. The molecule has 0 aliphatic carbocycles. The van der Waals surface area contributed by atoms with Crippen LogP contribution in [0.2, 0.25) is 0 Å². The number of nitro groups is 1. The molecule has 0 atom stereocenters. The molecule has 6 nitrogen and oxygen atoms in total. The normalized spacial score (nSPS) is 11.6. The fraction of sp³-hybridized carbons (Fsp3) is 0.273. The van der Waals surface area contributed by atoms with Gasteiger partial charge in [-0.05, 0) is 12.1 Å². The zero-order valence-electron chi connectivity index (χ0n) is 10.3. The molecule has 10 heteroatoms. The molecule has 0 aliphatic rings. The molecule has 0 amide bonds. The fourth-order valence-corrected chi connectivity index (χ4v) is 2.07. The van der Waals surface area contributed by atoms with Gasteiger partial charge in [-0.2, -0.15) is 13.2 Å². The predicted molar refractivity (Wildman–Crippen MR) is 70.5 cm³/mol. The summed E-state index contributed by atoms with van der Waals surface area (Å²) in [6.45, 7) is 0. The van der Waals surface area contributed by atoms with Crippen LogP contribution in [0, 0.1) is 10.1 Å². The molecule has 2 aromatic rings. The van der Waals surface area contributed by atoms with E-state index in [0.717, 1.165) is 16.8 Å². The van der Waals surface area contributed by atoms with Gasteiger partial charge >= 0.3 is 6.18 Å². The van der Waals surface area contributed by atoms with Gasteiger partial charge in [-0.1, -0.05) is 21.1 Å². The van der Waals surface area contributed by atoms with Crippen LogP contribution < -0.4 is 0 Å². The van der Waals surface area contributed by atoms with Gasteiger partial charge in [0.25, 0.3) is 5.69 Å². The maximum absolute atomic E-state index is 12.6. The minimum Gasteiger partial charge on any atom is -0.258 e. The van der Waals surface area contributed by atoms with E-state index in [-0.39, 0.29) is 5.69 Å². The van der Waals surface area contributed by atoms with Crippen molar-refractivity contribution in [2.45, 2.75) is 12.6 Å². The second kappa shape index (κ2) is 5.80. The lowest BCUT2D eigenvalue weighted by molar-refractivity contribution is -0.384. The molecule has 0 N–H and O–H groups in total. The van der Waals surface area contributed by atoms with E-state index >= 15 is 0 Å². The van der Waals surface area contributed by atoms with Crippen molar-refractivity contribution in [1.82, 2.24) is 15.0 Å². The summed E-state index contributed by atoms with van der Waals surface area (Å²) in [5.41, 5.74) is -1.26. The lowest BCUT2D eigenvalue weighted by Gasteiger charge is -2.08. The van der Waals surface area contributed by atoms with Crippen molar-refractivity contribution in [3.05, 3.63) is 45.8 Å². The van der Waals surface area contributed by atoms with Crippen LogP contribution in [0.3, 0.4) is 0 Å². The van der Waals surface area contributed by atoms with Gasteiger partial charge in [-0.15, -0.1) is 5.10 Å². The zero-order valence-corrected chi connectivity index (χ0v) is 11.9. The Hall–Kier alpha value is -1.97. The van der Waals surface area contributed by atoms with Crippen LogP contribution in [-0.4, -0.2) is 25.2 Å². The molecule has 0 saturated heterocycles. The van der Waals surface area contributed by atoms with Gasteiger partial charge in [-0.3, -0.25) is 10.1 Å². The number of rotatable bonds is 4. The van der Waals surface area contributed by atoms with E-state index in [1.807, 2.05) is 0 Å². The van der Waals surface area contributed by atoms with Crippen molar-refractivity contribution in [1.29, 1.82) is 0 Å². The summed E-state index contributed by atoms with van der Waals surface area (Å²) in [5, 5.41) is 19.1. The van der Waals surface area contributed by atoms with Gasteiger partial charge in [0.1, 0.15) is 5.69 Å². The summed E-state index contributed by atoms with van der Waals surface area (Å²) < 4.78 is 38.9. The zero-order chi connectivity index (χ0) is 15.6. The molecule has 1 aromatic carbocycles. The number of halogens is 4. The molecule has 21 heavy (non-hydrogen) atoms. The Morgan fingerprint density at radius 1 is 1.38 bits per heavy atom. The monoisotopic (exact) mass is 364 g/mol. The third-order valence-electron chi connectivity index (χ3n) is 2.64. The van der Waals surface area contributed by atoms with E-state index in [1.54, 1.807) is 0 Å². The van der Waals surface area contributed by atoms with Gasteiger partial charge in [0.05, 0.1) is 22.4 Å². The van der Waals surface area contributed by atoms with E-state index in [0.29, 0.717) is 23.5 Å². The van der Waals surface area contributed by atoms with Crippen LogP contribution in [0.1, 0.15) is 11.3 Å². The fourth-order valence-electron chi connectivity index (χ4n) is 1.67. The summed E-state index contributed by atoms with van der Waals surface area (Å²) in [4.78, 5) is 10.1. The molecule has 0 saturated carbocycles. The van der Waals surface area contributed by atoms with Gasteiger partial charge in [0, 0.05) is 17.8 Å². The molecule has 0 spiro atoms. The van der Waals surface area contributed by atoms with Crippen molar-refractivity contribution < 1.29 is 18.1 Å². The Balaban J connectivity index is 2.49. The first-order chi connectivity index (χ1) is 9.82. The van der Waals surface area contributed by atoms with E-state index < -0.39 is 22.4 Å². The van der Waals surface area contributed by atoms with Gasteiger partial charge in [-0.25, -0.2) is 4.68 Å². The van der Waals surface area contributed by atoms with E-state index in [2.05, 4.69) is 26.2 Å². The highest BCUT2D eigenvalue weighted by Gasteiger charge is 2.33. The first-order valence-corrected chi connectivity index (χ1v) is 6.78. The number of benzene rings is 1. The summed E-state index contributed by atoms with van der Waals surface area (Å²) in [6, 6.07) is 2.27. The largest absolute Gasteiger partial charge is 0.416 e. The summed E-state index contributed by atoms with van der Waals surface area (Å²) in [5.74, 6) is 0. The van der Waals surface area contributed by atoms with Crippen molar-refractivity contribution >= 4 is 21.6 Å². The maximum atomic E-state index is 12.6. The predicted octanol–water partition coefficient (Wildman–Crippen LogP) is 3.13. The lowest BCUT2D eigenvalue weighted by atomic mass is 10.1. The first kappa shape index (κ1) is 15.4. The SMILES string of the molecule is O=[N+]([O-])c1cc(C(F)(F)F)ccc1-n1cc(CCBr)nn1. The molecular formula is C11H8BrF3N4O2. The average Bonchev–Trinajstić information content (AvgIpc) is 2.86. The second-order valence-electron chi connectivity index (χ2n) is 4.05. The van der Waals surface area contributed by atoms with E-state index in [9.17, 15) is 23.3 Å². The summed E-state index contributed by atoms with van der Waals surface area (Å²) >= 11 is 3.21. The van der Waals surface area contributed by atoms with Crippen LogP contribution in [0.15, 0.2) is 24.4 Å². The molecule has 112 valence electrons. The standard InChI is InChI=1S/C11H8BrF3N4O2/c12-4-3-8-6-18(17-16-8)9-2-1-7(11(13,14)15)5-10(9)19(20)21/h1-2,5-6H,3-4H2. The Labute approximate surface area is 124 Å². The topological polar surface area (TPSA) is 73.8 Å². The number of alkyl halides is 4. The van der Waals surface area contributed by atoms with Gasteiger partial charge in [0.15, 0.2) is 0 Å². The summed E-state index contributed by atoms with van der Waals surface area (Å²) in [6.07, 6.45) is -2.65. The van der Waals surface area contributed by atoms with Crippen LogP contribution >= 0.6 is 15.9 Å². The number of aryl methyl sites for hydroxylation is 1. The van der Waals surface area contributed by atoms with Crippen LogP contribution in [0.4, 0.5) is 18.9 Å². The smallest absolute Gasteiger partial charge is 0.258 e. The minimum atomic E-state index is -4.65. The molecule has 0 fully saturated rings. The van der Waals surface area contributed by atoms with E-state index in [4.69, 9.17) is 0 Å². The van der Waals surface area contributed by atoms with Crippen LogP contribution in [-0.2, 0) is 12.6 Å². The number of nitrogens with zero attached hydrogens (tertiary/aromatic N) is 4. The quantitative estimate of drug-likeness (QED) is 0.474. The number of nitro benzene ring substituents is 1. The van der Waals surface area contributed by atoms with Crippen molar-refractivity contribution in [3.8, 4) is 5.69 Å². The molecule has 0 radical (unpaired) electrons. The Kier molecular flexibility index (Phi) is 4.26. The average molecular weight is 365 g/mol. The molecule has 0 unspecified atom stereocenters.